The number of methoxy groups -OCH3 is 1. The molecule has 0 saturated heterocycles. The molecule has 0 aliphatic carbocycles. The summed E-state index contributed by atoms with van der Waals surface area (Å²) in [6, 6.07) is 5.20. The summed E-state index contributed by atoms with van der Waals surface area (Å²) in [5.74, 6) is 0.304. The lowest BCUT2D eigenvalue weighted by Gasteiger charge is -2.16. The van der Waals surface area contributed by atoms with Crippen LogP contribution in [-0.2, 0) is 11.3 Å². The molecule has 0 aromatic heterocycles. The van der Waals surface area contributed by atoms with E-state index < -0.39 is 12.0 Å². The van der Waals surface area contributed by atoms with Gasteiger partial charge < -0.3 is 15.2 Å². The van der Waals surface area contributed by atoms with Crippen molar-refractivity contribution in [3.05, 3.63) is 28.2 Å². The molecule has 0 unspecified atom stereocenters. The van der Waals surface area contributed by atoms with Gasteiger partial charge in [-0.05, 0) is 46.0 Å². The van der Waals surface area contributed by atoms with Crippen molar-refractivity contribution in [3.63, 3.8) is 0 Å². The molecule has 1 aromatic carbocycles. The molecule has 0 fully saturated rings. The van der Waals surface area contributed by atoms with Gasteiger partial charge in [-0.25, -0.2) is 0 Å². The molecule has 19 heavy (non-hydrogen) atoms. The Balaban J connectivity index is 2.64. The Morgan fingerprint density at radius 1 is 1.47 bits per heavy atom. The van der Waals surface area contributed by atoms with Gasteiger partial charge in [-0.2, -0.15) is 0 Å². The second-order valence-electron chi connectivity index (χ2n) is 4.87. The summed E-state index contributed by atoms with van der Waals surface area (Å²) in [5.41, 5.74) is 1.02. The number of carboxylic acids is 1. The van der Waals surface area contributed by atoms with Crippen molar-refractivity contribution in [2.75, 3.05) is 7.11 Å². The first kappa shape index (κ1) is 16.0. The van der Waals surface area contributed by atoms with Gasteiger partial charge in [0.2, 0.25) is 0 Å². The van der Waals surface area contributed by atoms with Gasteiger partial charge >= 0.3 is 5.97 Å². The van der Waals surface area contributed by atoms with E-state index in [9.17, 15) is 4.79 Å². The predicted molar refractivity (Wildman–Crippen MR) is 78.4 cm³/mol. The van der Waals surface area contributed by atoms with E-state index in [4.69, 9.17) is 9.84 Å². The minimum Gasteiger partial charge on any atom is -0.496 e. The van der Waals surface area contributed by atoms with E-state index in [1.807, 2.05) is 32.0 Å². The van der Waals surface area contributed by atoms with Gasteiger partial charge in [0.15, 0.2) is 0 Å². The van der Waals surface area contributed by atoms with Crippen molar-refractivity contribution < 1.29 is 14.6 Å². The van der Waals surface area contributed by atoms with Gasteiger partial charge in [0.1, 0.15) is 11.8 Å². The third-order valence-corrected chi connectivity index (χ3v) is 3.39. The monoisotopic (exact) mass is 329 g/mol. The van der Waals surface area contributed by atoms with Crippen LogP contribution in [0.3, 0.4) is 0 Å². The number of carbonyl (C=O) groups is 1. The summed E-state index contributed by atoms with van der Waals surface area (Å²) >= 11 is 3.41. The van der Waals surface area contributed by atoms with Gasteiger partial charge in [0, 0.05) is 6.54 Å². The van der Waals surface area contributed by atoms with Crippen molar-refractivity contribution in [2.45, 2.75) is 32.9 Å². The van der Waals surface area contributed by atoms with E-state index in [0.717, 1.165) is 15.8 Å². The molecule has 0 spiro atoms. The molecular weight excluding hydrogens is 310 g/mol. The van der Waals surface area contributed by atoms with Crippen LogP contribution in [0.15, 0.2) is 22.7 Å². The van der Waals surface area contributed by atoms with Crippen molar-refractivity contribution >= 4 is 21.9 Å². The molecule has 5 heteroatoms. The zero-order valence-electron chi connectivity index (χ0n) is 11.4. The molecule has 0 radical (unpaired) electrons. The number of benzene rings is 1. The fourth-order valence-corrected chi connectivity index (χ4v) is 2.39. The van der Waals surface area contributed by atoms with Crippen LogP contribution in [0.4, 0.5) is 0 Å². The highest BCUT2D eigenvalue weighted by molar-refractivity contribution is 9.10. The molecule has 0 aliphatic heterocycles. The van der Waals surface area contributed by atoms with Crippen molar-refractivity contribution in [3.8, 4) is 5.75 Å². The number of hydrogen-bond donors (Lipinski definition) is 2. The van der Waals surface area contributed by atoms with Gasteiger partial charge in [-0.1, -0.05) is 19.9 Å². The number of carboxylic acid groups (broad SMARTS) is 1. The first-order valence-corrected chi connectivity index (χ1v) is 7.02. The SMILES string of the molecule is COc1ccc(CN[C@H](CC(C)C)C(=O)O)cc1Br. The van der Waals surface area contributed by atoms with Crippen molar-refractivity contribution in [1.29, 1.82) is 0 Å². The van der Waals surface area contributed by atoms with Crippen molar-refractivity contribution in [1.82, 2.24) is 5.32 Å². The Bertz CT molecular complexity index is 435. The third-order valence-electron chi connectivity index (χ3n) is 2.77. The second kappa shape index (κ2) is 7.50. The summed E-state index contributed by atoms with van der Waals surface area (Å²) in [4.78, 5) is 11.1. The number of aliphatic carboxylic acids is 1. The van der Waals surface area contributed by atoms with Crippen LogP contribution in [0.1, 0.15) is 25.8 Å². The lowest BCUT2D eigenvalue weighted by molar-refractivity contribution is -0.140. The maximum Gasteiger partial charge on any atom is 0.320 e. The van der Waals surface area contributed by atoms with Gasteiger partial charge in [0.25, 0.3) is 0 Å². The standard InChI is InChI=1S/C14H20BrNO3/c1-9(2)6-12(14(17)18)16-8-10-4-5-13(19-3)11(15)7-10/h4-5,7,9,12,16H,6,8H2,1-3H3,(H,17,18)/t12-/m1/s1. The van der Waals surface area contributed by atoms with E-state index in [1.165, 1.54) is 0 Å². The lowest BCUT2D eigenvalue weighted by atomic mass is 10.0. The number of ether oxygens (including phenoxy) is 1. The summed E-state index contributed by atoms with van der Waals surface area (Å²) in [6.45, 7) is 4.55. The smallest absolute Gasteiger partial charge is 0.320 e. The fraction of sp³-hybridized carbons (Fsp3) is 0.500. The van der Waals surface area contributed by atoms with Crippen LogP contribution in [0.25, 0.3) is 0 Å². The van der Waals surface area contributed by atoms with Crippen LogP contribution in [-0.4, -0.2) is 24.2 Å². The molecule has 106 valence electrons. The largest absolute Gasteiger partial charge is 0.496 e. The molecule has 4 nitrogen and oxygen atoms in total. The predicted octanol–water partition coefficient (Wildman–Crippen LogP) is 3.05. The maximum atomic E-state index is 11.1. The van der Waals surface area contributed by atoms with E-state index >= 15 is 0 Å². The highest BCUT2D eigenvalue weighted by Crippen LogP contribution is 2.25. The van der Waals surface area contributed by atoms with E-state index in [0.29, 0.717) is 18.9 Å². The average molecular weight is 330 g/mol. The van der Waals surface area contributed by atoms with Crippen molar-refractivity contribution in [2.24, 2.45) is 5.92 Å². The quantitative estimate of drug-likeness (QED) is 0.807. The van der Waals surface area contributed by atoms with Crippen LogP contribution in [0.2, 0.25) is 0 Å². The van der Waals surface area contributed by atoms with Crippen LogP contribution in [0, 0.1) is 5.92 Å². The molecule has 0 saturated carbocycles. The van der Waals surface area contributed by atoms with E-state index in [-0.39, 0.29) is 0 Å². The van der Waals surface area contributed by atoms with Crippen LogP contribution >= 0.6 is 15.9 Å². The minimum absolute atomic E-state index is 0.344. The molecule has 2 N–H and O–H groups in total. The molecule has 1 aromatic rings. The van der Waals surface area contributed by atoms with Gasteiger partial charge in [-0.15, -0.1) is 0 Å². The van der Waals surface area contributed by atoms with Gasteiger partial charge in [-0.3, -0.25) is 4.79 Å². The first-order valence-electron chi connectivity index (χ1n) is 6.22. The summed E-state index contributed by atoms with van der Waals surface area (Å²) in [7, 11) is 1.61. The van der Waals surface area contributed by atoms with Crippen LogP contribution in [0.5, 0.6) is 5.75 Å². The zero-order chi connectivity index (χ0) is 14.4. The summed E-state index contributed by atoms with van der Waals surface area (Å²) in [6.07, 6.45) is 0.618. The van der Waals surface area contributed by atoms with Gasteiger partial charge in [0.05, 0.1) is 11.6 Å². The first-order chi connectivity index (χ1) is 8.93. The number of halogens is 1. The Labute approximate surface area is 122 Å². The highest BCUT2D eigenvalue weighted by atomic mass is 79.9. The topological polar surface area (TPSA) is 58.6 Å². The second-order valence-corrected chi connectivity index (χ2v) is 5.72. The molecule has 0 heterocycles. The molecular formula is C14H20BrNO3. The third kappa shape index (κ3) is 5.20. The fourth-order valence-electron chi connectivity index (χ4n) is 1.80. The Hall–Kier alpha value is -1.07. The molecule has 0 bridgehead atoms. The normalized spacial score (nSPS) is 12.5. The highest BCUT2D eigenvalue weighted by Gasteiger charge is 2.18. The molecule has 1 atom stereocenters. The number of hydrogen-bond acceptors (Lipinski definition) is 3. The number of rotatable bonds is 7. The van der Waals surface area contributed by atoms with Crippen LogP contribution < -0.4 is 10.1 Å². The lowest BCUT2D eigenvalue weighted by Crippen LogP contribution is -2.37. The molecule has 0 amide bonds. The molecule has 0 aliphatic rings. The molecule has 1 rings (SSSR count). The maximum absolute atomic E-state index is 11.1. The number of nitrogens with one attached hydrogen (secondary N) is 1. The average Bonchev–Trinajstić information content (AvgIpc) is 2.34. The Morgan fingerprint density at radius 3 is 2.63 bits per heavy atom. The summed E-state index contributed by atoms with van der Waals surface area (Å²) < 4.78 is 6.02. The minimum atomic E-state index is -0.804. The van der Waals surface area contributed by atoms with E-state index in [1.54, 1.807) is 7.11 Å². The van der Waals surface area contributed by atoms with E-state index in [2.05, 4.69) is 21.2 Å². The zero-order valence-corrected chi connectivity index (χ0v) is 13.0. The Kier molecular flexibility index (Phi) is 6.31. The Morgan fingerprint density at radius 2 is 2.16 bits per heavy atom. The summed E-state index contributed by atoms with van der Waals surface area (Å²) in [5, 5.41) is 12.2.